The fourth-order valence-corrected chi connectivity index (χ4v) is 2.82. The lowest BCUT2D eigenvalue weighted by Gasteiger charge is -2.09. The van der Waals surface area contributed by atoms with E-state index in [0.717, 1.165) is 20.0 Å². The van der Waals surface area contributed by atoms with E-state index < -0.39 is 0 Å². The first-order chi connectivity index (χ1) is 8.16. The van der Waals surface area contributed by atoms with Gasteiger partial charge in [-0.3, -0.25) is 0 Å². The molecule has 0 aliphatic carbocycles. The van der Waals surface area contributed by atoms with Gasteiger partial charge < -0.3 is 5.73 Å². The summed E-state index contributed by atoms with van der Waals surface area (Å²) in [5, 5.41) is 0.988. The van der Waals surface area contributed by atoms with Crippen molar-refractivity contribution in [3.8, 4) is 0 Å². The van der Waals surface area contributed by atoms with Gasteiger partial charge in [-0.15, -0.1) is 0 Å². The van der Waals surface area contributed by atoms with E-state index in [2.05, 4.69) is 39.1 Å². The number of benzene rings is 1. The molecule has 0 saturated carbocycles. The summed E-state index contributed by atoms with van der Waals surface area (Å²) < 4.78 is 1.06. The summed E-state index contributed by atoms with van der Waals surface area (Å²) >= 11 is 5.20. The van der Waals surface area contributed by atoms with Gasteiger partial charge in [0.15, 0.2) is 0 Å². The third-order valence-electron chi connectivity index (χ3n) is 2.33. The van der Waals surface area contributed by atoms with Gasteiger partial charge in [0, 0.05) is 21.6 Å². The fraction of sp³-hybridized carbons (Fsp3) is 0.154. The van der Waals surface area contributed by atoms with E-state index in [0.29, 0.717) is 0 Å². The van der Waals surface area contributed by atoms with Crippen LogP contribution in [0.4, 0.5) is 0 Å². The molecule has 0 radical (unpaired) electrons. The molecular formula is C13H13BrN2S. The van der Waals surface area contributed by atoms with Crippen LogP contribution in [0.15, 0.2) is 57.0 Å². The first-order valence-corrected chi connectivity index (χ1v) is 6.91. The molecule has 2 N–H and O–H groups in total. The molecule has 1 aromatic carbocycles. The molecule has 2 aromatic rings. The van der Waals surface area contributed by atoms with Gasteiger partial charge in [0.2, 0.25) is 0 Å². The fourth-order valence-electron chi connectivity index (χ4n) is 1.40. The lowest BCUT2D eigenvalue weighted by Crippen LogP contribution is -2.04. The molecule has 2 rings (SSSR count). The summed E-state index contributed by atoms with van der Waals surface area (Å²) in [4.78, 5) is 5.44. The van der Waals surface area contributed by atoms with Crippen LogP contribution in [-0.2, 0) is 0 Å². The highest BCUT2D eigenvalue weighted by Gasteiger charge is 2.06. The van der Waals surface area contributed by atoms with Crippen molar-refractivity contribution in [1.29, 1.82) is 0 Å². The Morgan fingerprint density at radius 1 is 1.29 bits per heavy atom. The standard InChI is InChI=1S/C13H13BrN2S/c1-9(15)10-5-6-12(11(14)8-10)17-13-4-2-3-7-16-13/h2-9H,15H2,1H3/t9-/m0/s1. The molecule has 2 nitrogen and oxygen atoms in total. The third kappa shape index (κ3) is 3.31. The van der Waals surface area contributed by atoms with Crippen LogP contribution in [0.1, 0.15) is 18.5 Å². The minimum atomic E-state index is 0.0557. The van der Waals surface area contributed by atoms with Crippen molar-refractivity contribution in [2.45, 2.75) is 22.9 Å². The maximum atomic E-state index is 5.85. The number of nitrogens with zero attached hydrogens (tertiary/aromatic N) is 1. The number of aromatic nitrogens is 1. The van der Waals surface area contributed by atoms with Crippen LogP contribution < -0.4 is 5.73 Å². The van der Waals surface area contributed by atoms with Gasteiger partial charge in [-0.25, -0.2) is 4.98 Å². The zero-order chi connectivity index (χ0) is 12.3. The smallest absolute Gasteiger partial charge is 0.101 e. The molecule has 17 heavy (non-hydrogen) atoms. The molecule has 1 aromatic heterocycles. The normalized spacial score (nSPS) is 12.4. The topological polar surface area (TPSA) is 38.9 Å². The number of rotatable bonds is 3. The van der Waals surface area contributed by atoms with Crippen molar-refractivity contribution in [3.63, 3.8) is 0 Å². The van der Waals surface area contributed by atoms with E-state index in [-0.39, 0.29) is 6.04 Å². The predicted octanol–water partition coefficient (Wildman–Crippen LogP) is 4.02. The predicted molar refractivity (Wildman–Crippen MR) is 75.1 cm³/mol. The molecular weight excluding hydrogens is 296 g/mol. The van der Waals surface area contributed by atoms with E-state index >= 15 is 0 Å². The van der Waals surface area contributed by atoms with E-state index in [9.17, 15) is 0 Å². The molecule has 0 aliphatic heterocycles. The van der Waals surface area contributed by atoms with Crippen LogP contribution in [0.2, 0.25) is 0 Å². The summed E-state index contributed by atoms with van der Waals surface area (Å²) in [6.07, 6.45) is 1.80. The van der Waals surface area contributed by atoms with Crippen LogP contribution in [-0.4, -0.2) is 4.98 Å². The summed E-state index contributed by atoms with van der Waals surface area (Å²) in [6.45, 7) is 1.98. The van der Waals surface area contributed by atoms with Crippen molar-refractivity contribution in [2.24, 2.45) is 5.73 Å². The van der Waals surface area contributed by atoms with Gasteiger partial charge in [-0.05, 0) is 52.7 Å². The van der Waals surface area contributed by atoms with E-state index in [4.69, 9.17) is 5.73 Å². The van der Waals surface area contributed by atoms with Crippen LogP contribution in [0.3, 0.4) is 0 Å². The maximum Gasteiger partial charge on any atom is 0.101 e. The number of nitrogens with two attached hydrogens (primary N) is 1. The van der Waals surface area contributed by atoms with Crippen molar-refractivity contribution >= 4 is 27.7 Å². The highest BCUT2D eigenvalue weighted by atomic mass is 79.9. The Kier molecular flexibility index (Phi) is 4.20. The zero-order valence-corrected chi connectivity index (χ0v) is 11.8. The van der Waals surface area contributed by atoms with E-state index in [1.807, 2.05) is 25.1 Å². The summed E-state index contributed by atoms with van der Waals surface area (Å²) in [5.74, 6) is 0. The third-order valence-corrected chi connectivity index (χ3v) is 4.28. The second-order valence-corrected chi connectivity index (χ2v) is 5.67. The van der Waals surface area contributed by atoms with Crippen molar-refractivity contribution in [3.05, 3.63) is 52.6 Å². The van der Waals surface area contributed by atoms with Crippen molar-refractivity contribution < 1.29 is 0 Å². The number of hydrogen-bond donors (Lipinski definition) is 1. The second-order valence-electron chi connectivity index (χ2n) is 3.75. The molecule has 0 spiro atoms. The zero-order valence-electron chi connectivity index (χ0n) is 9.43. The van der Waals surface area contributed by atoms with Crippen LogP contribution in [0.5, 0.6) is 0 Å². The second kappa shape index (κ2) is 5.67. The van der Waals surface area contributed by atoms with Gasteiger partial charge in [0.25, 0.3) is 0 Å². The summed E-state index contributed by atoms with van der Waals surface area (Å²) in [7, 11) is 0. The Labute approximate surface area is 114 Å². The first-order valence-electron chi connectivity index (χ1n) is 5.31. The first kappa shape index (κ1) is 12.6. The van der Waals surface area contributed by atoms with Crippen molar-refractivity contribution in [2.75, 3.05) is 0 Å². The Morgan fingerprint density at radius 2 is 2.12 bits per heavy atom. The van der Waals surface area contributed by atoms with Gasteiger partial charge in [-0.1, -0.05) is 23.9 Å². The van der Waals surface area contributed by atoms with Gasteiger partial charge in [-0.2, -0.15) is 0 Å². The van der Waals surface area contributed by atoms with Crippen molar-refractivity contribution in [1.82, 2.24) is 4.98 Å². The van der Waals surface area contributed by atoms with Gasteiger partial charge >= 0.3 is 0 Å². The molecule has 88 valence electrons. The largest absolute Gasteiger partial charge is 0.324 e. The number of halogens is 1. The molecule has 1 heterocycles. The van der Waals surface area contributed by atoms with Gasteiger partial charge in [0.1, 0.15) is 5.03 Å². The summed E-state index contributed by atoms with van der Waals surface area (Å²) in [6, 6.07) is 12.1. The Morgan fingerprint density at radius 3 is 2.71 bits per heavy atom. The number of hydrogen-bond acceptors (Lipinski definition) is 3. The Bertz CT molecular complexity index is 500. The monoisotopic (exact) mass is 308 g/mol. The molecule has 0 amide bonds. The molecule has 0 aliphatic rings. The SMILES string of the molecule is C[C@H](N)c1ccc(Sc2ccccn2)c(Br)c1. The lowest BCUT2D eigenvalue weighted by molar-refractivity contribution is 0.815. The Hall–Kier alpha value is -0.840. The maximum absolute atomic E-state index is 5.85. The minimum absolute atomic E-state index is 0.0557. The molecule has 0 bridgehead atoms. The molecule has 0 fully saturated rings. The molecule has 4 heteroatoms. The summed E-state index contributed by atoms with van der Waals surface area (Å²) in [5.41, 5.74) is 6.97. The lowest BCUT2D eigenvalue weighted by atomic mass is 10.1. The average molecular weight is 309 g/mol. The van der Waals surface area contributed by atoms with E-state index in [1.54, 1.807) is 18.0 Å². The average Bonchev–Trinajstić information content (AvgIpc) is 2.33. The molecule has 0 unspecified atom stereocenters. The van der Waals surface area contributed by atoms with E-state index in [1.165, 1.54) is 0 Å². The molecule has 1 atom stereocenters. The van der Waals surface area contributed by atoms with Crippen LogP contribution in [0, 0.1) is 0 Å². The minimum Gasteiger partial charge on any atom is -0.324 e. The van der Waals surface area contributed by atoms with Crippen LogP contribution in [0.25, 0.3) is 0 Å². The van der Waals surface area contributed by atoms with Crippen LogP contribution >= 0.6 is 27.7 Å². The highest BCUT2D eigenvalue weighted by Crippen LogP contribution is 2.33. The van der Waals surface area contributed by atoms with Gasteiger partial charge in [0.05, 0.1) is 0 Å². The highest BCUT2D eigenvalue weighted by molar-refractivity contribution is 9.10. The Balaban J connectivity index is 2.23. The number of pyridine rings is 1. The molecule has 0 saturated heterocycles. The quantitative estimate of drug-likeness (QED) is 0.931.